The molecule has 0 aliphatic heterocycles. The number of nitrogens with zero attached hydrogens (tertiary/aromatic N) is 3. The minimum absolute atomic E-state index is 0.0504. The maximum Gasteiger partial charge on any atom is 0.243 e. The summed E-state index contributed by atoms with van der Waals surface area (Å²) in [5.74, 6) is 1.50. The zero-order chi connectivity index (χ0) is 24.6. The molecule has 3 aromatic rings. The number of carbonyl (C=O) groups is 1. The summed E-state index contributed by atoms with van der Waals surface area (Å²) < 4.78 is 39.9. The summed E-state index contributed by atoms with van der Waals surface area (Å²) in [5, 5.41) is 2.91. The number of sulfonamides is 1. The second-order valence-electron chi connectivity index (χ2n) is 7.85. The van der Waals surface area contributed by atoms with E-state index in [0.717, 1.165) is 17.1 Å². The molecule has 2 heterocycles. The molecule has 2 aromatic heterocycles. The molecule has 1 aromatic carbocycles. The summed E-state index contributed by atoms with van der Waals surface area (Å²) in [7, 11) is -3.55. The van der Waals surface area contributed by atoms with Crippen LogP contribution in [0, 0.1) is 0 Å². The first-order valence-electron chi connectivity index (χ1n) is 11.8. The van der Waals surface area contributed by atoms with E-state index in [1.165, 1.54) is 4.31 Å². The van der Waals surface area contributed by atoms with E-state index in [1.807, 2.05) is 37.5 Å². The minimum atomic E-state index is -3.55. The summed E-state index contributed by atoms with van der Waals surface area (Å²) in [4.78, 5) is 17.2. The van der Waals surface area contributed by atoms with Gasteiger partial charge in [-0.05, 0) is 43.7 Å². The number of aromatic nitrogens is 2. The smallest absolute Gasteiger partial charge is 0.243 e. The van der Waals surface area contributed by atoms with Gasteiger partial charge in [0.15, 0.2) is 0 Å². The van der Waals surface area contributed by atoms with Crippen molar-refractivity contribution in [2.45, 2.75) is 58.1 Å². The Labute approximate surface area is 201 Å². The fourth-order valence-electron chi connectivity index (χ4n) is 3.86. The van der Waals surface area contributed by atoms with E-state index in [9.17, 15) is 13.2 Å². The molecule has 0 unspecified atom stereocenters. The fourth-order valence-corrected chi connectivity index (χ4v) is 5.34. The Kier molecular flexibility index (Phi) is 9.26. The highest BCUT2D eigenvalue weighted by Crippen LogP contribution is 2.23. The van der Waals surface area contributed by atoms with E-state index in [1.54, 1.807) is 24.5 Å². The average molecular weight is 491 g/mol. The van der Waals surface area contributed by atoms with E-state index in [0.29, 0.717) is 64.2 Å². The number of hydrogen-bond donors (Lipinski definition) is 1. The van der Waals surface area contributed by atoms with E-state index in [-0.39, 0.29) is 10.8 Å². The third-order valence-corrected chi connectivity index (χ3v) is 7.69. The molecular weight excluding hydrogens is 456 g/mol. The Bertz CT molecular complexity index is 1170. The largest absolute Gasteiger partial charge is 0.467 e. The van der Waals surface area contributed by atoms with Gasteiger partial charge in [-0.2, -0.15) is 4.31 Å². The predicted molar refractivity (Wildman–Crippen MR) is 130 cm³/mol. The van der Waals surface area contributed by atoms with Crippen molar-refractivity contribution in [1.82, 2.24) is 19.2 Å². The van der Waals surface area contributed by atoms with Crippen molar-refractivity contribution >= 4 is 27.0 Å². The lowest BCUT2D eigenvalue weighted by Crippen LogP contribution is -2.30. The maximum absolute atomic E-state index is 12.9. The van der Waals surface area contributed by atoms with E-state index in [2.05, 4.69) is 10.3 Å². The first-order valence-corrected chi connectivity index (χ1v) is 13.2. The Morgan fingerprint density at radius 1 is 1.21 bits per heavy atom. The van der Waals surface area contributed by atoms with E-state index >= 15 is 0 Å². The number of amides is 1. The molecule has 1 amide bonds. The zero-order valence-corrected chi connectivity index (χ0v) is 20.9. The first-order chi connectivity index (χ1) is 16.4. The Balaban J connectivity index is 1.55. The number of ether oxygens (including phenoxy) is 1. The van der Waals surface area contributed by atoms with Crippen molar-refractivity contribution in [3.63, 3.8) is 0 Å². The SMILES string of the molecule is CCN(CC)S(=O)(=O)c1ccc2c(c1)nc(CCC(=O)NCCCOCc1ccco1)n2CC. The number of rotatable bonds is 14. The number of benzene rings is 1. The predicted octanol–water partition coefficient (Wildman–Crippen LogP) is 3.34. The van der Waals surface area contributed by atoms with Crippen LogP contribution in [0.5, 0.6) is 0 Å². The third kappa shape index (κ3) is 6.25. The highest BCUT2D eigenvalue weighted by molar-refractivity contribution is 7.89. The van der Waals surface area contributed by atoms with Crippen LogP contribution in [0.2, 0.25) is 0 Å². The van der Waals surface area contributed by atoms with Gasteiger partial charge in [0.1, 0.15) is 18.2 Å². The van der Waals surface area contributed by atoms with Crippen LogP contribution in [0.15, 0.2) is 45.9 Å². The Morgan fingerprint density at radius 2 is 2.00 bits per heavy atom. The molecule has 1 N–H and O–H groups in total. The van der Waals surface area contributed by atoms with Crippen molar-refractivity contribution in [2.75, 3.05) is 26.2 Å². The third-order valence-electron chi connectivity index (χ3n) is 5.65. The van der Waals surface area contributed by atoms with E-state index < -0.39 is 10.0 Å². The molecule has 0 bridgehead atoms. The number of imidazole rings is 1. The molecule has 0 saturated carbocycles. The zero-order valence-electron chi connectivity index (χ0n) is 20.1. The number of carbonyl (C=O) groups excluding carboxylic acids is 1. The monoisotopic (exact) mass is 490 g/mol. The second-order valence-corrected chi connectivity index (χ2v) is 9.79. The average Bonchev–Trinajstić information content (AvgIpc) is 3.47. The molecule has 0 saturated heterocycles. The van der Waals surface area contributed by atoms with Crippen molar-refractivity contribution in [3.8, 4) is 0 Å². The van der Waals surface area contributed by atoms with Gasteiger partial charge in [-0.15, -0.1) is 0 Å². The van der Waals surface area contributed by atoms with Crippen LogP contribution in [-0.4, -0.2) is 54.4 Å². The quantitative estimate of drug-likeness (QED) is 0.348. The van der Waals surface area contributed by atoms with Gasteiger partial charge in [-0.1, -0.05) is 13.8 Å². The normalized spacial score (nSPS) is 12.0. The molecule has 0 spiro atoms. The molecule has 0 fully saturated rings. The minimum Gasteiger partial charge on any atom is -0.467 e. The molecule has 186 valence electrons. The Morgan fingerprint density at radius 3 is 2.68 bits per heavy atom. The molecule has 0 aliphatic carbocycles. The second kappa shape index (κ2) is 12.1. The topological polar surface area (TPSA) is 107 Å². The highest BCUT2D eigenvalue weighted by Gasteiger charge is 2.23. The molecule has 0 atom stereocenters. The van der Waals surface area contributed by atoms with Crippen LogP contribution in [-0.2, 0) is 39.1 Å². The van der Waals surface area contributed by atoms with Gasteiger partial charge >= 0.3 is 0 Å². The summed E-state index contributed by atoms with van der Waals surface area (Å²) in [6, 6.07) is 8.74. The summed E-state index contributed by atoms with van der Waals surface area (Å²) in [5.41, 5.74) is 1.49. The van der Waals surface area contributed by atoms with Crippen LogP contribution in [0.3, 0.4) is 0 Å². The van der Waals surface area contributed by atoms with Crippen molar-refractivity contribution in [2.24, 2.45) is 0 Å². The maximum atomic E-state index is 12.9. The first kappa shape index (κ1) is 25.9. The molecule has 10 heteroatoms. The number of nitrogens with one attached hydrogen (secondary N) is 1. The molecule has 0 aliphatic rings. The number of aryl methyl sites for hydroxylation is 2. The lowest BCUT2D eigenvalue weighted by atomic mass is 10.2. The Hall–Kier alpha value is -2.69. The van der Waals surface area contributed by atoms with Gasteiger partial charge < -0.3 is 19.0 Å². The standard InChI is InChI=1S/C24H34N4O5S/c1-4-27(5-2)34(30,31)20-10-11-22-21(17-20)26-23(28(22)6-3)12-13-24(29)25-14-8-15-32-18-19-9-7-16-33-19/h7,9-11,16-17H,4-6,8,12-15,18H2,1-3H3,(H,25,29). The van der Waals surface area contributed by atoms with Gasteiger partial charge in [0.25, 0.3) is 0 Å². The van der Waals surface area contributed by atoms with Crippen molar-refractivity contribution in [1.29, 1.82) is 0 Å². The van der Waals surface area contributed by atoms with Gasteiger partial charge in [-0.25, -0.2) is 13.4 Å². The lowest BCUT2D eigenvalue weighted by Gasteiger charge is -2.18. The molecular formula is C24H34N4O5S. The van der Waals surface area contributed by atoms with Crippen LogP contribution in [0.4, 0.5) is 0 Å². The van der Waals surface area contributed by atoms with Crippen LogP contribution >= 0.6 is 0 Å². The number of hydrogen-bond acceptors (Lipinski definition) is 6. The van der Waals surface area contributed by atoms with E-state index in [4.69, 9.17) is 9.15 Å². The molecule has 9 nitrogen and oxygen atoms in total. The van der Waals surface area contributed by atoms with Crippen LogP contribution in [0.1, 0.15) is 45.2 Å². The number of fused-ring (bicyclic) bond motifs is 1. The molecule has 0 radical (unpaired) electrons. The lowest BCUT2D eigenvalue weighted by molar-refractivity contribution is -0.121. The van der Waals surface area contributed by atoms with Crippen LogP contribution < -0.4 is 5.32 Å². The summed E-state index contributed by atoms with van der Waals surface area (Å²) >= 11 is 0. The van der Waals surface area contributed by atoms with Crippen LogP contribution in [0.25, 0.3) is 11.0 Å². The van der Waals surface area contributed by atoms with Crippen molar-refractivity contribution in [3.05, 3.63) is 48.2 Å². The fraction of sp³-hybridized carbons (Fsp3) is 0.500. The number of furan rings is 1. The van der Waals surface area contributed by atoms with Gasteiger partial charge in [0.05, 0.1) is 22.2 Å². The summed E-state index contributed by atoms with van der Waals surface area (Å²) in [6.07, 6.45) is 3.10. The van der Waals surface area contributed by atoms with Gasteiger partial charge in [0, 0.05) is 45.6 Å². The van der Waals surface area contributed by atoms with Gasteiger partial charge in [0.2, 0.25) is 15.9 Å². The van der Waals surface area contributed by atoms with Crippen molar-refractivity contribution < 1.29 is 22.4 Å². The summed E-state index contributed by atoms with van der Waals surface area (Å²) in [6.45, 7) is 8.65. The van der Waals surface area contributed by atoms with Gasteiger partial charge in [-0.3, -0.25) is 4.79 Å². The molecule has 34 heavy (non-hydrogen) atoms. The molecule has 3 rings (SSSR count). The highest BCUT2D eigenvalue weighted by atomic mass is 32.2.